The molecule has 0 aromatic carbocycles. The van der Waals surface area contributed by atoms with Crippen molar-refractivity contribution < 1.29 is 23.1 Å². The van der Waals surface area contributed by atoms with Gasteiger partial charge in [-0.1, -0.05) is 72.6 Å². The van der Waals surface area contributed by atoms with Crippen LogP contribution < -0.4 is 9.46 Å². The number of aryl methyl sites for hydroxylation is 2. The summed E-state index contributed by atoms with van der Waals surface area (Å²) in [5.41, 5.74) is 0. The number of aromatic nitrogens is 2. The van der Waals surface area contributed by atoms with E-state index in [1.807, 2.05) is 13.8 Å². The van der Waals surface area contributed by atoms with Gasteiger partial charge in [-0.25, -0.2) is 9.13 Å². The Balaban J connectivity index is 0.000000654. The van der Waals surface area contributed by atoms with Crippen molar-refractivity contribution in [2.45, 2.75) is 118 Å². The lowest BCUT2D eigenvalue weighted by atomic mass is 10.1. The summed E-state index contributed by atoms with van der Waals surface area (Å²) in [5, 5.41) is 0. The van der Waals surface area contributed by atoms with E-state index in [0.29, 0.717) is 12.8 Å². The van der Waals surface area contributed by atoms with Gasteiger partial charge in [-0.3, -0.25) is 4.57 Å². The minimum absolute atomic E-state index is 0.199. The van der Waals surface area contributed by atoms with Gasteiger partial charge in [-0.2, -0.15) is 0 Å². The Kier molecular flexibility index (Phi) is 19.8. The Labute approximate surface area is 185 Å². The summed E-state index contributed by atoms with van der Waals surface area (Å²) < 4.78 is 24.3. The molecular weight excluding hydrogens is 399 g/mol. The van der Waals surface area contributed by atoms with Crippen LogP contribution in [-0.2, 0) is 26.7 Å². The van der Waals surface area contributed by atoms with Gasteiger partial charge in [0.25, 0.3) is 7.82 Å². The van der Waals surface area contributed by atoms with E-state index in [2.05, 4.69) is 50.8 Å². The minimum atomic E-state index is -3.98. The predicted molar refractivity (Wildman–Crippen MR) is 122 cm³/mol. The Hall–Kier alpha value is -0.680. The lowest BCUT2D eigenvalue weighted by molar-refractivity contribution is -0.696. The third-order valence-corrected chi connectivity index (χ3v) is 5.65. The first kappa shape index (κ1) is 29.3. The molecule has 1 aromatic rings. The van der Waals surface area contributed by atoms with Crippen molar-refractivity contribution in [3.8, 4) is 0 Å². The topological polar surface area (TPSA) is 67.4 Å². The van der Waals surface area contributed by atoms with Crippen LogP contribution in [0.25, 0.3) is 0 Å². The van der Waals surface area contributed by atoms with E-state index in [9.17, 15) is 9.46 Å². The highest BCUT2D eigenvalue weighted by molar-refractivity contribution is 7.45. The van der Waals surface area contributed by atoms with Gasteiger partial charge in [-0.15, -0.1) is 0 Å². The molecule has 0 atom stereocenters. The summed E-state index contributed by atoms with van der Waals surface area (Å²) in [6, 6.07) is 0. The maximum absolute atomic E-state index is 10.7. The first-order chi connectivity index (χ1) is 14.5. The normalized spacial score (nSPS) is 11.4. The van der Waals surface area contributed by atoms with E-state index < -0.39 is 7.82 Å². The molecule has 0 radical (unpaired) electrons. The first-order valence-electron chi connectivity index (χ1n) is 12.1. The van der Waals surface area contributed by atoms with Crippen LogP contribution in [0, 0.1) is 0 Å². The number of rotatable bonds is 18. The van der Waals surface area contributed by atoms with Gasteiger partial charge in [0, 0.05) is 0 Å². The molecule has 0 aliphatic heterocycles. The third-order valence-electron chi connectivity index (χ3n) is 4.65. The van der Waals surface area contributed by atoms with E-state index in [1.54, 1.807) is 0 Å². The second-order valence-corrected chi connectivity index (χ2v) is 9.24. The fraction of sp³-hybridized carbons (Fsp3) is 0.870. The number of hydrogen-bond donors (Lipinski definition) is 0. The van der Waals surface area contributed by atoms with Gasteiger partial charge in [0.2, 0.25) is 6.33 Å². The predicted octanol–water partition coefficient (Wildman–Crippen LogP) is 6.02. The van der Waals surface area contributed by atoms with Crippen LogP contribution in [0.3, 0.4) is 0 Å². The van der Waals surface area contributed by atoms with Gasteiger partial charge in [0.1, 0.15) is 12.4 Å². The van der Waals surface area contributed by atoms with Crippen LogP contribution in [0.1, 0.15) is 105 Å². The second kappa shape index (κ2) is 20.2. The molecule has 178 valence electrons. The molecule has 0 amide bonds. The van der Waals surface area contributed by atoms with Crippen LogP contribution in [0.5, 0.6) is 0 Å². The molecule has 0 N–H and O–H groups in total. The zero-order valence-corrected chi connectivity index (χ0v) is 20.9. The Morgan fingerprint density at radius 2 is 1.33 bits per heavy atom. The highest BCUT2D eigenvalue weighted by Gasteiger charge is 2.06. The smallest absolute Gasteiger partial charge is 0.267 e. The molecule has 0 aliphatic carbocycles. The zero-order chi connectivity index (χ0) is 22.5. The van der Waals surface area contributed by atoms with Gasteiger partial charge >= 0.3 is 0 Å². The van der Waals surface area contributed by atoms with Crippen molar-refractivity contribution in [2.24, 2.45) is 0 Å². The second-order valence-electron chi connectivity index (χ2n) is 7.83. The quantitative estimate of drug-likeness (QED) is 0.157. The molecule has 30 heavy (non-hydrogen) atoms. The van der Waals surface area contributed by atoms with Crippen molar-refractivity contribution in [2.75, 3.05) is 13.2 Å². The molecule has 0 aliphatic rings. The molecule has 1 rings (SSSR count). The van der Waals surface area contributed by atoms with E-state index in [-0.39, 0.29) is 13.2 Å². The van der Waals surface area contributed by atoms with Crippen molar-refractivity contribution >= 4 is 7.82 Å². The van der Waals surface area contributed by atoms with Crippen molar-refractivity contribution in [3.05, 3.63) is 18.7 Å². The molecule has 0 saturated heterocycles. The van der Waals surface area contributed by atoms with E-state index in [0.717, 1.165) is 6.54 Å². The molecule has 0 spiro atoms. The average molecular weight is 447 g/mol. The number of nitrogens with zero attached hydrogens (tertiary/aromatic N) is 2. The number of phosphoric ester groups is 1. The monoisotopic (exact) mass is 446 g/mol. The zero-order valence-electron chi connectivity index (χ0n) is 20.0. The SMILES string of the molecule is CCCCCCCCCCCn1cc[n+](CCC)c1.CCCOP(=O)([O-])OCCC. The summed E-state index contributed by atoms with van der Waals surface area (Å²) >= 11 is 0. The van der Waals surface area contributed by atoms with Crippen LogP contribution in [0.15, 0.2) is 18.7 Å². The third kappa shape index (κ3) is 18.1. The molecule has 1 aromatic heterocycles. The van der Waals surface area contributed by atoms with Gasteiger partial charge in [0.15, 0.2) is 0 Å². The minimum Gasteiger partial charge on any atom is -0.756 e. The first-order valence-corrected chi connectivity index (χ1v) is 13.6. The largest absolute Gasteiger partial charge is 0.756 e. The van der Waals surface area contributed by atoms with Crippen LogP contribution in [0.4, 0.5) is 0 Å². The number of phosphoric acid groups is 1. The Bertz CT molecular complexity index is 525. The summed E-state index contributed by atoms with van der Waals surface area (Å²) in [6.45, 7) is 10.9. The highest BCUT2D eigenvalue weighted by atomic mass is 31.2. The fourth-order valence-corrected chi connectivity index (χ4v) is 3.90. The molecular formula is C23H47N2O4P. The average Bonchev–Trinajstić information content (AvgIpc) is 3.18. The van der Waals surface area contributed by atoms with Crippen LogP contribution in [0.2, 0.25) is 0 Å². The summed E-state index contributed by atoms with van der Waals surface area (Å²) in [5.74, 6) is 0. The van der Waals surface area contributed by atoms with Gasteiger partial charge < -0.3 is 13.9 Å². The molecule has 0 unspecified atom stereocenters. The lowest BCUT2D eigenvalue weighted by Crippen LogP contribution is -2.30. The van der Waals surface area contributed by atoms with Crippen LogP contribution in [-0.4, -0.2) is 17.8 Å². The maximum Gasteiger partial charge on any atom is 0.267 e. The molecule has 6 nitrogen and oxygen atoms in total. The number of imidazole rings is 1. The Morgan fingerprint density at radius 3 is 1.83 bits per heavy atom. The van der Waals surface area contributed by atoms with Gasteiger partial charge in [0.05, 0.1) is 26.3 Å². The van der Waals surface area contributed by atoms with E-state index in [4.69, 9.17) is 0 Å². The Morgan fingerprint density at radius 1 is 0.800 bits per heavy atom. The standard InChI is InChI=1S/C17H33N2.C6H15O4P/c1-3-5-6-7-8-9-10-11-12-14-19-16-15-18(17-19)13-4-2;1-3-5-9-11(7,8)10-6-4-2/h15-17H,3-14H2,1-2H3;3-6H2,1-2H3,(H,7,8)/q+1;/p-1. The molecule has 1 heterocycles. The lowest BCUT2D eigenvalue weighted by Gasteiger charge is -2.21. The van der Waals surface area contributed by atoms with E-state index >= 15 is 0 Å². The van der Waals surface area contributed by atoms with Gasteiger partial charge in [-0.05, 0) is 32.1 Å². The summed E-state index contributed by atoms with van der Waals surface area (Å²) in [7, 11) is -3.98. The number of hydrogen-bond acceptors (Lipinski definition) is 4. The summed E-state index contributed by atoms with van der Waals surface area (Å²) in [4.78, 5) is 10.7. The molecule has 0 saturated carbocycles. The fourth-order valence-electron chi connectivity index (χ4n) is 3.01. The number of unbranched alkanes of at least 4 members (excludes halogenated alkanes) is 8. The van der Waals surface area contributed by atoms with Crippen LogP contribution >= 0.6 is 7.82 Å². The maximum atomic E-state index is 10.7. The molecule has 0 fully saturated rings. The summed E-state index contributed by atoms with van der Waals surface area (Å²) in [6.07, 6.45) is 21.9. The highest BCUT2D eigenvalue weighted by Crippen LogP contribution is 2.38. The molecule has 0 bridgehead atoms. The van der Waals surface area contributed by atoms with Crippen molar-refractivity contribution in [1.82, 2.24) is 4.57 Å². The van der Waals surface area contributed by atoms with Crippen molar-refractivity contribution in [3.63, 3.8) is 0 Å². The molecule has 7 heteroatoms. The van der Waals surface area contributed by atoms with Crippen molar-refractivity contribution in [1.29, 1.82) is 0 Å². The van der Waals surface area contributed by atoms with E-state index in [1.165, 1.54) is 70.8 Å².